The molecule has 0 amide bonds. The maximum Gasteiger partial charge on any atom is 0.416 e. The first-order chi connectivity index (χ1) is 7.02. The summed E-state index contributed by atoms with van der Waals surface area (Å²) in [7, 11) is 0. The van der Waals surface area contributed by atoms with E-state index in [0.717, 1.165) is 24.0 Å². The maximum atomic E-state index is 12.4. The monoisotopic (exact) mass is 278 g/mol. The maximum absolute atomic E-state index is 12.4. The molecule has 1 aromatic carbocycles. The minimum Gasteiger partial charge on any atom is -0.166 e. The summed E-state index contributed by atoms with van der Waals surface area (Å²) in [6.45, 7) is 0. The Hall–Kier alpha value is -0.510. The third kappa shape index (κ3) is 2.36. The molecule has 15 heavy (non-hydrogen) atoms. The van der Waals surface area contributed by atoms with Gasteiger partial charge in [0.25, 0.3) is 0 Å². The molecular formula is C11H10BrF3. The van der Waals surface area contributed by atoms with Crippen molar-refractivity contribution in [3.05, 3.63) is 34.9 Å². The normalized spacial score (nSPS) is 16.8. The lowest BCUT2D eigenvalue weighted by molar-refractivity contribution is -0.137. The lowest BCUT2D eigenvalue weighted by atomic mass is 10.0. The molecule has 0 heterocycles. The molecule has 1 saturated carbocycles. The van der Waals surface area contributed by atoms with E-state index in [-0.39, 0.29) is 0 Å². The van der Waals surface area contributed by atoms with E-state index >= 15 is 0 Å². The van der Waals surface area contributed by atoms with Crippen LogP contribution in [0.15, 0.2) is 18.2 Å². The molecule has 1 aliphatic carbocycles. The molecule has 0 unspecified atom stereocenters. The van der Waals surface area contributed by atoms with Crippen LogP contribution in [0, 0.1) is 0 Å². The van der Waals surface area contributed by atoms with Crippen LogP contribution in [0.25, 0.3) is 0 Å². The Morgan fingerprint density at radius 1 is 1.27 bits per heavy atom. The third-order valence-corrected chi connectivity index (χ3v) is 3.24. The van der Waals surface area contributed by atoms with Crippen LogP contribution in [0.5, 0.6) is 0 Å². The first-order valence-electron chi connectivity index (χ1n) is 4.78. The fourth-order valence-electron chi connectivity index (χ4n) is 1.69. The first-order valence-corrected chi connectivity index (χ1v) is 5.90. The summed E-state index contributed by atoms with van der Waals surface area (Å²) in [6, 6.07) is 4.05. The standard InChI is InChI=1S/C11H10BrF3/c12-6-8-5-9(11(13,14)15)3-4-10(8)7-1-2-7/h3-5,7H,1-2,6H2. The number of hydrogen-bond acceptors (Lipinski definition) is 0. The van der Waals surface area contributed by atoms with E-state index in [9.17, 15) is 13.2 Å². The molecule has 1 aromatic rings. The van der Waals surface area contributed by atoms with Crippen LogP contribution < -0.4 is 0 Å². The Balaban J connectivity index is 2.38. The predicted octanol–water partition coefficient (Wildman–Crippen LogP) is 4.48. The van der Waals surface area contributed by atoms with Gasteiger partial charge in [-0.25, -0.2) is 0 Å². The molecular weight excluding hydrogens is 269 g/mol. The number of alkyl halides is 4. The summed E-state index contributed by atoms with van der Waals surface area (Å²) in [5, 5.41) is 0.489. The minimum atomic E-state index is -4.24. The van der Waals surface area contributed by atoms with Crippen LogP contribution in [0.1, 0.15) is 35.4 Å². The molecule has 82 valence electrons. The fraction of sp³-hybridized carbons (Fsp3) is 0.455. The van der Waals surface area contributed by atoms with Crippen molar-refractivity contribution in [3.8, 4) is 0 Å². The smallest absolute Gasteiger partial charge is 0.166 e. The third-order valence-electron chi connectivity index (χ3n) is 2.63. The zero-order valence-corrected chi connectivity index (χ0v) is 9.53. The van der Waals surface area contributed by atoms with E-state index in [4.69, 9.17) is 0 Å². The molecule has 2 rings (SSSR count). The van der Waals surface area contributed by atoms with Gasteiger partial charge in [0.2, 0.25) is 0 Å². The average molecular weight is 279 g/mol. The summed E-state index contributed by atoms with van der Waals surface area (Å²) in [4.78, 5) is 0. The van der Waals surface area contributed by atoms with Crippen molar-refractivity contribution in [2.45, 2.75) is 30.3 Å². The Kier molecular flexibility index (Phi) is 2.79. The van der Waals surface area contributed by atoms with E-state index in [0.29, 0.717) is 11.2 Å². The van der Waals surface area contributed by atoms with Crippen molar-refractivity contribution in [1.82, 2.24) is 0 Å². The molecule has 0 spiro atoms. The first kappa shape index (κ1) is 11.0. The van der Waals surface area contributed by atoms with Gasteiger partial charge in [-0.2, -0.15) is 13.2 Å². The van der Waals surface area contributed by atoms with Crippen LogP contribution in [0.4, 0.5) is 13.2 Å². The Morgan fingerprint density at radius 3 is 2.40 bits per heavy atom. The Morgan fingerprint density at radius 2 is 1.93 bits per heavy atom. The number of rotatable bonds is 2. The average Bonchev–Trinajstić information content (AvgIpc) is 2.98. The summed E-state index contributed by atoms with van der Waals surface area (Å²) in [5.74, 6) is 0.486. The lowest BCUT2D eigenvalue weighted by Gasteiger charge is -2.11. The lowest BCUT2D eigenvalue weighted by Crippen LogP contribution is -2.06. The second-order valence-corrected chi connectivity index (χ2v) is 4.38. The summed E-state index contributed by atoms with van der Waals surface area (Å²) in [6.07, 6.45) is -2.03. The Labute approximate surface area is 94.6 Å². The van der Waals surface area contributed by atoms with E-state index in [1.807, 2.05) is 0 Å². The van der Waals surface area contributed by atoms with Gasteiger partial charge in [0, 0.05) is 5.33 Å². The van der Waals surface area contributed by atoms with Gasteiger partial charge in [-0.15, -0.1) is 0 Å². The summed E-state index contributed by atoms with van der Waals surface area (Å²) < 4.78 is 37.3. The van der Waals surface area contributed by atoms with Gasteiger partial charge in [0.15, 0.2) is 0 Å². The van der Waals surface area contributed by atoms with E-state index < -0.39 is 11.7 Å². The predicted molar refractivity (Wildman–Crippen MR) is 56.1 cm³/mol. The van der Waals surface area contributed by atoms with Crippen molar-refractivity contribution in [1.29, 1.82) is 0 Å². The molecule has 1 fully saturated rings. The highest BCUT2D eigenvalue weighted by atomic mass is 79.9. The zero-order valence-electron chi connectivity index (χ0n) is 7.94. The van der Waals surface area contributed by atoms with Crippen molar-refractivity contribution >= 4 is 15.9 Å². The highest BCUT2D eigenvalue weighted by molar-refractivity contribution is 9.08. The van der Waals surface area contributed by atoms with Crippen molar-refractivity contribution in [3.63, 3.8) is 0 Å². The highest BCUT2D eigenvalue weighted by Crippen LogP contribution is 2.43. The van der Waals surface area contributed by atoms with Crippen molar-refractivity contribution in [2.24, 2.45) is 0 Å². The minimum absolute atomic E-state index is 0.486. The number of benzene rings is 1. The molecule has 0 aliphatic heterocycles. The second kappa shape index (κ2) is 3.81. The fourth-order valence-corrected chi connectivity index (χ4v) is 2.18. The molecule has 0 radical (unpaired) electrons. The van der Waals surface area contributed by atoms with Gasteiger partial charge in [-0.1, -0.05) is 22.0 Å². The molecule has 0 saturated heterocycles. The summed E-state index contributed by atoms with van der Waals surface area (Å²) in [5.41, 5.74) is 1.29. The van der Waals surface area contributed by atoms with Crippen LogP contribution in [-0.4, -0.2) is 0 Å². The van der Waals surface area contributed by atoms with Gasteiger partial charge < -0.3 is 0 Å². The number of halogens is 4. The van der Waals surface area contributed by atoms with Gasteiger partial charge in [-0.3, -0.25) is 0 Å². The largest absolute Gasteiger partial charge is 0.416 e. The Bertz CT molecular complexity index is 367. The zero-order chi connectivity index (χ0) is 11.1. The quantitative estimate of drug-likeness (QED) is 0.700. The van der Waals surface area contributed by atoms with Crippen LogP contribution >= 0.6 is 15.9 Å². The molecule has 0 aromatic heterocycles. The molecule has 4 heteroatoms. The summed E-state index contributed by atoms with van der Waals surface area (Å²) >= 11 is 3.24. The van der Waals surface area contributed by atoms with Crippen molar-refractivity contribution in [2.75, 3.05) is 0 Å². The SMILES string of the molecule is FC(F)(F)c1ccc(C2CC2)c(CBr)c1. The van der Waals surface area contributed by atoms with Gasteiger partial charge in [-0.05, 0) is 42.0 Å². The van der Waals surface area contributed by atoms with Crippen LogP contribution in [0.2, 0.25) is 0 Å². The second-order valence-electron chi connectivity index (χ2n) is 3.82. The molecule has 0 N–H and O–H groups in total. The number of hydrogen-bond donors (Lipinski definition) is 0. The molecule has 1 aliphatic rings. The van der Waals surface area contributed by atoms with Gasteiger partial charge in [0.05, 0.1) is 5.56 Å². The van der Waals surface area contributed by atoms with Gasteiger partial charge in [0.1, 0.15) is 0 Å². The molecule has 0 nitrogen and oxygen atoms in total. The van der Waals surface area contributed by atoms with Crippen LogP contribution in [0.3, 0.4) is 0 Å². The van der Waals surface area contributed by atoms with E-state index in [1.54, 1.807) is 6.07 Å². The van der Waals surface area contributed by atoms with E-state index in [1.165, 1.54) is 12.1 Å². The molecule has 0 bridgehead atoms. The van der Waals surface area contributed by atoms with E-state index in [2.05, 4.69) is 15.9 Å². The van der Waals surface area contributed by atoms with Crippen molar-refractivity contribution < 1.29 is 13.2 Å². The highest BCUT2D eigenvalue weighted by Gasteiger charge is 2.32. The van der Waals surface area contributed by atoms with Gasteiger partial charge >= 0.3 is 6.18 Å². The van der Waals surface area contributed by atoms with Crippen LogP contribution in [-0.2, 0) is 11.5 Å². The molecule has 0 atom stereocenters. The topological polar surface area (TPSA) is 0 Å².